The molecule has 0 radical (unpaired) electrons. The maximum atomic E-state index is 11.4. The number of nitrogens with one attached hydrogen (secondary N) is 2. The number of primary amides is 1. The van der Waals surface area contributed by atoms with Gasteiger partial charge in [-0.2, -0.15) is 0 Å². The van der Waals surface area contributed by atoms with Crippen molar-refractivity contribution < 1.29 is 4.79 Å². The number of rotatable bonds is 2. The number of nitrogens with zero attached hydrogens (tertiary/aromatic N) is 1. The molecule has 0 saturated carbocycles. The second kappa shape index (κ2) is 4.42. The number of aromatic nitrogens is 2. The highest BCUT2D eigenvalue weighted by atomic mass is 16.1. The number of piperidine rings is 1. The zero-order valence-electron chi connectivity index (χ0n) is 10.1. The number of amides is 1. The van der Waals surface area contributed by atoms with E-state index in [0.29, 0.717) is 11.1 Å². The Morgan fingerprint density at radius 2 is 2.28 bits per heavy atom. The smallest absolute Gasteiger partial charge is 0.250 e. The Hall–Kier alpha value is -1.88. The molecule has 0 aliphatic carbocycles. The Balaban J connectivity index is 2.04. The van der Waals surface area contributed by atoms with Crippen molar-refractivity contribution >= 4 is 16.9 Å². The van der Waals surface area contributed by atoms with Crippen LogP contribution in [-0.2, 0) is 0 Å². The summed E-state index contributed by atoms with van der Waals surface area (Å²) in [7, 11) is 0. The Kier molecular flexibility index (Phi) is 2.76. The number of hydrogen-bond donors (Lipinski definition) is 3. The van der Waals surface area contributed by atoms with Gasteiger partial charge in [-0.15, -0.1) is 0 Å². The Morgan fingerprint density at radius 3 is 3.00 bits per heavy atom. The van der Waals surface area contributed by atoms with Crippen LogP contribution in [0.3, 0.4) is 0 Å². The van der Waals surface area contributed by atoms with Gasteiger partial charge in [0, 0.05) is 0 Å². The first kappa shape index (κ1) is 11.2. The molecule has 1 atom stereocenters. The number of hydrogen-bond acceptors (Lipinski definition) is 3. The number of fused-ring (bicyclic) bond motifs is 1. The van der Waals surface area contributed by atoms with Gasteiger partial charge in [0.2, 0.25) is 0 Å². The number of H-pyrrole nitrogens is 1. The Labute approximate surface area is 105 Å². The van der Waals surface area contributed by atoms with Gasteiger partial charge in [0.05, 0.1) is 17.1 Å². The molecular weight excluding hydrogens is 228 g/mol. The van der Waals surface area contributed by atoms with Crippen molar-refractivity contribution in [1.82, 2.24) is 15.3 Å². The van der Waals surface area contributed by atoms with Crippen molar-refractivity contribution in [2.24, 2.45) is 5.73 Å². The average Bonchev–Trinajstić information content (AvgIpc) is 2.83. The van der Waals surface area contributed by atoms with Gasteiger partial charge >= 0.3 is 0 Å². The molecule has 5 heteroatoms. The van der Waals surface area contributed by atoms with Gasteiger partial charge in [-0.1, -0.05) is 12.5 Å². The third kappa shape index (κ3) is 1.86. The topological polar surface area (TPSA) is 83.8 Å². The molecule has 0 unspecified atom stereocenters. The van der Waals surface area contributed by atoms with Crippen molar-refractivity contribution in [2.75, 3.05) is 6.54 Å². The van der Waals surface area contributed by atoms with Gasteiger partial charge in [0.25, 0.3) is 5.91 Å². The number of carbonyl (C=O) groups is 1. The molecule has 1 saturated heterocycles. The predicted octanol–water partition coefficient (Wildman–Crippen LogP) is 1.48. The molecule has 2 aromatic rings. The average molecular weight is 244 g/mol. The summed E-state index contributed by atoms with van der Waals surface area (Å²) in [5.74, 6) is 0.466. The van der Waals surface area contributed by atoms with Crippen LogP contribution in [0.1, 0.15) is 41.5 Å². The van der Waals surface area contributed by atoms with Crippen LogP contribution in [0.5, 0.6) is 0 Å². The minimum atomic E-state index is -0.435. The molecule has 1 aromatic carbocycles. The van der Waals surface area contributed by atoms with E-state index < -0.39 is 5.91 Å². The normalized spacial score (nSPS) is 20.1. The lowest BCUT2D eigenvalue weighted by atomic mass is 10.0. The molecule has 1 fully saturated rings. The van der Waals surface area contributed by atoms with Crippen molar-refractivity contribution in [3.05, 3.63) is 29.6 Å². The van der Waals surface area contributed by atoms with Gasteiger partial charge in [-0.3, -0.25) is 4.79 Å². The molecule has 94 valence electrons. The molecule has 1 aliphatic heterocycles. The fourth-order valence-corrected chi connectivity index (χ4v) is 2.50. The second-order valence-corrected chi connectivity index (χ2v) is 4.69. The van der Waals surface area contributed by atoms with Crippen LogP contribution in [0.25, 0.3) is 11.0 Å². The standard InChI is InChI=1S/C13H16N4O/c14-12(18)8-4-3-6-9-11(8)17-13(16-9)10-5-1-2-7-15-10/h3-4,6,10,15H,1-2,5,7H2,(H2,14,18)(H,16,17)/t10-/m1/s1. The summed E-state index contributed by atoms with van der Waals surface area (Å²) >= 11 is 0. The van der Waals surface area contributed by atoms with Crippen LogP contribution < -0.4 is 11.1 Å². The van der Waals surface area contributed by atoms with Crippen molar-refractivity contribution in [2.45, 2.75) is 25.3 Å². The van der Waals surface area contributed by atoms with Crippen molar-refractivity contribution in [3.8, 4) is 0 Å². The summed E-state index contributed by atoms with van der Waals surface area (Å²) in [5.41, 5.74) is 7.38. The third-order valence-electron chi connectivity index (χ3n) is 3.44. The van der Waals surface area contributed by atoms with E-state index in [2.05, 4.69) is 15.3 Å². The highest BCUT2D eigenvalue weighted by molar-refractivity contribution is 6.04. The largest absolute Gasteiger partial charge is 0.366 e. The minimum Gasteiger partial charge on any atom is -0.366 e. The highest BCUT2D eigenvalue weighted by Crippen LogP contribution is 2.24. The highest BCUT2D eigenvalue weighted by Gasteiger charge is 2.19. The molecule has 1 aliphatic rings. The van der Waals surface area contributed by atoms with Crippen LogP contribution >= 0.6 is 0 Å². The molecule has 18 heavy (non-hydrogen) atoms. The second-order valence-electron chi connectivity index (χ2n) is 4.69. The zero-order chi connectivity index (χ0) is 12.5. The van der Waals surface area contributed by atoms with E-state index in [1.807, 2.05) is 12.1 Å². The predicted molar refractivity (Wildman–Crippen MR) is 69.2 cm³/mol. The number of carbonyl (C=O) groups excluding carboxylic acids is 1. The fraction of sp³-hybridized carbons (Fsp3) is 0.385. The van der Waals surface area contributed by atoms with E-state index in [4.69, 9.17) is 5.73 Å². The molecule has 0 spiro atoms. The van der Waals surface area contributed by atoms with Crippen LogP contribution in [0.2, 0.25) is 0 Å². The SMILES string of the molecule is NC(=O)c1cccc2[nH]c([C@H]3CCCCN3)nc12. The van der Waals surface area contributed by atoms with Gasteiger partial charge in [-0.25, -0.2) is 4.98 Å². The number of imidazole rings is 1. The molecule has 2 heterocycles. The van der Waals surface area contributed by atoms with Crippen molar-refractivity contribution in [1.29, 1.82) is 0 Å². The minimum absolute atomic E-state index is 0.256. The molecule has 1 amide bonds. The van der Waals surface area contributed by atoms with Crippen LogP contribution in [0, 0.1) is 0 Å². The molecule has 3 rings (SSSR count). The summed E-state index contributed by atoms with van der Waals surface area (Å²) in [6.45, 7) is 1.02. The number of aromatic amines is 1. The number of nitrogens with two attached hydrogens (primary N) is 1. The summed E-state index contributed by atoms with van der Waals surface area (Å²) in [5, 5.41) is 3.44. The molecule has 1 aromatic heterocycles. The van der Waals surface area contributed by atoms with E-state index in [1.165, 1.54) is 12.8 Å². The summed E-state index contributed by atoms with van der Waals surface area (Å²) in [4.78, 5) is 19.2. The third-order valence-corrected chi connectivity index (χ3v) is 3.44. The summed E-state index contributed by atoms with van der Waals surface area (Å²) in [6, 6.07) is 5.70. The quantitative estimate of drug-likeness (QED) is 0.748. The Bertz CT molecular complexity index is 584. The maximum absolute atomic E-state index is 11.4. The van der Waals surface area contributed by atoms with E-state index >= 15 is 0 Å². The first-order valence-electron chi connectivity index (χ1n) is 6.27. The molecular formula is C13H16N4O. The van der Waals surface area contributed by atoms with Crippen LogP contribution in [-0.4, -0.2) is 22.4 Å². The first-order chi connectivity index (χ1) is 8.75. The van der Waals surface area contributed by atoms with E-state index in [-0.39, 0.29) is 6.04 Å². The monoisotopic (exact) mass is 244 g/mol. The maximum Gasteiger partial charge on any atom is 0.250 e. The first-order valence-corrected chi connectivity index (χ1v) is 6.27. The molecule has 4 N–H and O–H groups in total. The van der Waals surface area contributed by atoms with Gasteiger partial charge in [0.15, 0.2) is 0 Å². The summed E-state index contributed by atoms with van der Waals surface area (Å²) < 4.78 is 0. The fourth-order valence-electron chi connectivity index (χ4n) is 2.50. The van der Waals surface area contributed by atoms with Gasteiger partial charge in [0.1, 0.15) is 11.3 Å². The zero-order valence-corrected chi connectivity index (χ0v) is 10.1. The van der Waals surface area contributed by atoms with Gasteiger partial charge < -0.3 is 16.0 Å². The van der Waals surface area contributed by atoms with E-state index in [0.717, 1.165) is 24.3 Å². The van der Waals surface area contributed by atoms with Crippen LogP contribution in [0.15, 0.2) is 18.2 Å². The van der Waals surface area contributed by atoms with E-state index in [9.17, 15) is 4.79 Å². The summed E-state index contributed by atoms with van der Waals surface area (Å²) in [6.07, 6.45) is 3.49. The van der Waals surface area contributed by atoms with E-state index in [1.54, 1.807) is 6.07 Å². The number of benzene rings is 1. The lowest BCUT2D eigenvalue weighted by molar-refractivity contribution is 0.100. The van der Waals surface area contributed by atoms with Gasteiger partial charge in [-0.05, 0) is 31.5 Å². The van der Waals surface area contributed by atoms with Crippen LogP contribution in [0.4, 0.5) is 0 Å². The lowest BCUT2D eigenvalue weighted by Crippen LogP contribution is -2.27. The molecule has 0 bridgehead atoms. The number of para-hydroxylation sites is 1. The van der Waals surface area contributed by atoms with Crippen molar-refractivity contribution in [3.63, 3.8) is 0 Å². The molecule has 5 nitrogen and oxygen atoms in total. The Morgan fingerprint density at radius 1 is 1.39 bits per heavy atom. The lowest BCUT2D eigenvalue weighted by Gasteiger charge is -2.21.